The Morgan fingerprint density at radius 1 is 1.08 bits per heavy atom. The standard InChI is InChI=1S/C17H15Cl2FN2O2/c18-13-2-1-3-14(19)12(13)9-15(17(21)24)22-16(23)8-10-4-6-11(20)7-5-10/h1-7,15H,8-9H2,(H2,21,24)(H,22,23)/t15-/m0/s1. The topological polar surface area (TPSA) is 72.2 Å². The molecule has 2 aromatic rings. The van der Waals surface area contributed by atoms with E-state index in [1.165, 1.54) is 24.3 Å². The molecular formula is C17H15Cl2FN2O2. The van der Waals surface area contributed by atoms with E-state index in [9.17, 15) is 14.0 Å². The van der Waals surface area contributed by atoms with E-state index in [0.717, 1.165) is 0 Å². The molecule has 2 aromatic carbocycles. The van der Waals surface area contributed by atoms with E-state index in [2.05, 4.69) is 5.32 Å². The van der Waals surface area contributed by atoms with Crippen LogP contribution in [0.5, 0.6) is 0 Å². The summed E-state index contributed by atoms with van der Waals surface area (Å²) in [4.78, 5) is 23.7. The Morgan fingerprint density at radius 2 is 1.67 bits per heavy atom. The van der Waals surface area contributed by atoms with Crippen molar-refractivity contribution in [2.45, 2.75) is 18.9 Å². The zero-order chi connectivity index (χ0) is 17.7. The molecule has 24 heavy (non-hydrogen) atoms. The van der Waals surface area contributed by atoms with Crippen LogP contribution in [0.4, 0.5) is 4.39 Å². The zero-order valence-electron chi connectivity index (χ0n) is 12.6. The predicted octanol–water partition coefficient (Wildman–Crippen LogP) is 2.89. The Balaban J connectivity index is 2.07. The summed E-state index contributed by atoms with van der Waals surface area (Å²) in [5.74, 6) is -1.49. The fraction of sp³-hybridized carbons (Fsp3) is 0.176. The van der Waals surface area contributed by atoms with Gasteiger partial charge in [-0.2, -0.15) is 0 Å². The number of benzene rings is 2. The normalized spacial score (nSPS) is 11.8. The lowest BCUT2D eigenvalue weighted by atomic mass is 10.0. The van der Waals surface area contributed by atoms with Gasteiger partial charge in [0.05, 0.1) is 6.42 Å². The second kappa shape index (κ2) is 8.13. The number of rotatable bonds is 6. The van der Waals surface area contributed by atoms with Crippen molar-refractivity contribution >= 4 is 35.0 Å². The molecule has 2 amide bonds. The Morgan fingerprint density at radius 3 is 2.21 bits per heavy atom. The van der Waals surface area contributed by atoms with E-state index in [0.29, 0.717) is 21.2 Å². The van der Waals surface area contributed by atoms with Gasteiger partial charge in [-0.05, 0) is 35.4 Å². The minimum absolute atomic E-state index is 0.000311. The number of hydrogen-bond donors (Lipinski definition) is 2. The summed E-state index contributed by atoms with van der Waals surface area (Å²) in [5.41, 5.74) is 6.51. The molecule has 0 bridgehead atoms. The highest BCUT2D eigenvalue weighted by molar-refractivity contribution is 6.36. The summed E-state index contributed by atoms with van der Waals surface area (Å²) in [6.45, 7) is 0. The number of halogens is 3. The lowest BCUT2D eigenvalue weighted by Crippen LogP contribution is -2.46. The molecule has 0 aliphatic carbocycles. The number of carbonyl (C=O) groups excluding carboxylic acids is 2. The monoisotopic (exact) mass is 368 g/mol. The van der Waals surface area contributed by atoms with Crippen LogP contribution in [-0.2, 0) is 22.4 Å². The van der Waals surface area contributed by atoms with Crippen LogP contribution in [0.1, 0.15) is 11.1 Å². The molecule has 0 aliphatic heterocycles. The van der Waals surface area contributed by atoms with Gasteiger partial charge in [0.25, 0.3) is 0 Å². The highest BCUT2D eigenvalue weighted by Crippen LogP contribution is 2.25. The number of nitrogens with two attached hydrogens (primary N) is 1. The summed E-state index contributed by atoms with van der Waals surface area (Å²) in [6.07, 6.45) is 0.0866. The molecule has 7 heteroatoms. The lowest BCUT2D eigenvalue weighted by Gasteiger charge is -2.17. The zero-order valence-corrected chi connectivity index (χ0v) is 14.1. The van der Waals surface area contributed by atoms with Gasteiger partial charge in [0.15, 0.2) is 0 Å². The third kappa shape index (κ3) is 4.94. The molecule has 3 N–H and O–H groups in total. The highest BCUT2D eigenvalue weighted by atomic mass is 35.5. The SMILES string of the molecule is NC(=O)[C@H](Cc1c(Cl)cccc1Cl)NC(=O)Cc1ccc(F)cc1. The largest absolute Gasteiger partial charge is 0.368 e. The van der Waals surface area contributed by atoms with Crippen LogP contribution < -0.4 is 11.1 Å². The van der Waals surface area contributed by atoms with Crippen molar-refractivity contribution in [3.63, 3.8) is 0 Å². The van der Waals surface area contributed by atoms with Crippen LogP contribution in [-0.4, -0.2) is 17.9 Å². The number of nitrogens with one attached hydrogen (secondary N) is 1. The maximum Gasteiger partial charge on any atom is 0.240 e. The van der Waals surface area contributed by atoms with Gasteiger partial charge in [-0.1, -0.05) is 41.4 Å². The third-order valence-corrected chi connectivity index (χ3v) is 4.13. The molecule has 126 valence electrons. The molecule has 0 radical (unpaired) electrons. The molecule has 1 atom stereocenters. The van der Waals surface area contributed by atoms with Crippen molar-refractivity contribution in [2.24, 2.45) is 5.73 Å². The molecule has 0 fully saturated rings. The fourth-order valence-electron chi connectivity index (χ4n) is 2.19. The summed E-state index contributed by atoms with van der Waals surface area (Å²) in [6, 6.07) is 9.53. The maximum atomic E-state index is 12.9. The summed E-state index contributed by atoms with van der Waals surface area (Å²) < 4.78 is 12.9. The first-order chi connectivity index (χ1) is 11.4. The number of primary amides is 1. The first kappa shape index (κ1) is 18.2. The molecular weight excluding hydrogens is 354 g/mol. The molecule has 2 rings (SSSR count). The van der Waals surface area contributed by atoms with Crippen molar-refractivity contribution < 1.29 is 14.0 Å². The smallest absolute Gasteiger partial charge is 0.240 e. The van der Waals surface area contributed by atoms with Crippen molar-refractivity contribution in [1.29, 1.82) is 0 Å². The maximum absolute atomic E-state index is 12.9. The number of hydrogen-bond acceptors (Lipinski definition) is 2. The highest BCUT2D eigenvalue weighted by Gasteiger charge is 2.21. The van der Waals surface area contributed by atoms with Crippen LogP contribution in [0, 0.1) is 5.82 Å². The summed E-state index contributed by atoms with van der Waals surface area (Å²) >= 11 is 12.1. The van der Waals surface area contributed by atoms with Crippen molar-refractivity contribution in [3.8, 4) is 0 Å². The van der Waals surface area contributed by atoms with E-state index < -0.39 is 17.9 Å². The second-order valence-electron chi connectivity index (χ2n) is 5.23. The fourth-order valence-corrected chi connectivity index (χ4v) is 2.74. The van der Waals surface area contributed by atoms with Crippen LogP contribution in [0.3, 0.4) is 0 Å². The molecule has 0 spiro atoms. The summed E-state index contributed by atoms with van der Waals surface area (Å²) in [5, 5.41) is 3.34. The Bertz CT molecular complexity index is 731. The predicted molar refractivity (Wildman–Crippen MR) is 91.4 cm³/mol. The average Bonchev–Trinajstić information content (AvgIpc) is 2.52. The van der Waals surface area contributed by atoms with Gasteiger partial charge >= 0.3 is 0 Å². The quantitative estimate of drug-likeness (QED) is 0.822. The van der Waals surface area contributed by atoms with E-state index in [1.807, 2.05) is 0 Å². The molecule has 0 saturated heterocycles. The number of carbonyl (C=O) groups is 2. The lowest BCUT2D eigenvalue weighted by molar-refractivity contribution is -0.127. The summed E-state index contributed by atoms with van der Waals surface area (Å²) in [7, 11) is 0. The van der Waals surface area contributed by atoms with Crippen molar-refractivity contribution in [3.05, 3.63) is 69.5 Å². The van der Waals surface area contributed by atoms with Crippen LogP contribution in [0.15, 0.2) is 42.5 Å². The molecule has 0 saturated carbocycles. The first-order valence-electron chi connectivity index (χ1n) is 7.13. The van der Waals surface area contributed by atoms with Gasteiger partial charge in [0, 0.05) is 16.5 Å². The molecule has 0 unspecified atom stereocenters. The third-order valence-electron chi connectivity index (χ3n) is 3.43. The Hall–Kier alpha value is -2.11. The first-order valence-corrected chi connectivity index (χ1v) is 7.88. The van der Waals surface area contributed by atoms with Crippen LogP contribution in [0.2, 0.25) is 10.0 Å². The van der Waals surface area contributed by atoms with E-state index in [4.69, 9.17) is 28.9 Å². The Labute approximate surface area is 148 Å². The molecule has 0 aromatic heterocycles. The number of amides is 2. The van der Waals surface area contributed by atoms with Crippen LogP contribution >= 0.6 is 23.2 Å². The molecule has 0 heterocycles. The average molecular weight is 369 g/mol. The van der Waals surface area contributed by atoms with E-state index in [1.54, 1.807) is 18.2 Å². The minimum atomic E-state index is -0.949. The van der Waals surface area contributed by atoms with Crippen molar-refractivity contribution in [1.82, 2.24) is 5.32 Å². The van der Waals surface area contributed by atoms with E-state index in [-0.39, 0.29) is 18.7 Å². The van der Waals surface area contributed by atoms with E-state index >= 15 is 0 Å². The van der Waals surface area contributed by atoms with Gasteiger partial charge in [-0.3, -0.25) is 9.59 Å². The van der Waals surface area contributed by atoms with Gasteiger partial charge in [-0.25, -0.2) is 4.39 Å². The Kier molecular flexibility index (Phi) is 6.17. The molecule has 0 aliphatic rings. The van der Waals surface area contributed by atoms with Crippen LogP contribution in [0.25, 0.3) is 0 Å². The van der Waals surface area contributed by atoms with Gasteiger partial charge in [0.2, 0.25) is 11.8 Å². The minimum Gasteiger partial charge on any atom is -0.368 e. The van der Waals surface area contributed by atoms with Gasteiger partial charge in [0.1, 0.15) is 11.9 Å². The van der Waals surface area contributed by atoms with Crippen molar-refractivity contribution in [2.75, 3.05) is 0 Å². The van der Waals surface area contributed by atoms with Gasteiger partial charge < -0.3 is 11.1 Å². The second-order valence-corrected chi connectivity index (χ2v) is 6.04. The molecule has 4 nitrogen and oxygen atoms in total. The van der Waals surface area contributed by atoms with Gasteiger partial charge in [-0.15, -0.1) is 0 Å².